The van der Waals surface area contributed by atoms with E-state index in [4.69, 9.17) is 14.6 Å². The largest absolute Gasteiger partial charge is 0.391 e. The molecule has 2 unspecified atom stereocenters. The molecule has 0 saturated heterocycles. The van der Waals surface area contributed by atoms with Crippen LogP contribution in [0.15, 0.2) is 0 Å². The molecule has 0 rings (SSSR count). The third kappa shape index (κ3) is 7.30. The molecule has 14 heavy (non-hydrogen) atoms. The van der Waals surface area contributed by atoms with Crippen LogP contribution in [0.1, 0.15) is 41.0 Å². The molecule has 3 heteroatoms. The van der Waals surface area contributed by atoms with Crippen LogP contribution in [0.3, 0.4) is 0 Å². The third-order valence-electron chi connectivity index (χ3n) is 2.18. The first kappa shape index (κ1) is 13.9. The van der Waals surface area contributed by atoms with Gasteiger partial charge in [0.1, 0.15) is 0 Å². The van der Waals surface area contributed by atoms with Crippen molar-refractivity contribution in [3.8, 4) is 0 Å². The minimum absolute atomic E-state index is 0.0374. The Hall–Kier alpha value is -0.120. The Morgan fingerprint density at radius 1 is 1.21 bits per heavy atom. The molecule has 2 atom stereocenters. The molecule has 0 spiro atoms. The van der Waals surface area contributed by atoms with Gasteiger partial charge in [-0.05, 0) is 34.1 Å². The van der Waals surface area contributed by atoms with Crippen LogP contribution in [0.4, 0.5) is 0 Å². The van der Waals surface area contributed by atoms with Gasteiger partial charge in [-0.1, -0.05) is 6.92 Å². The maximum absolute atomic E-state index is 9.01. The van der Waals surface area contributed by atoms with Gasteiger partial charge in [0.25, 0.3) is 0 Å². The molecule has 3 nitrogen and oxygen atoms in total. The Labute approximate surface area is 87.4 Å². The molecule has 0 aromatic heterocycles. The molecule has 0 saturated carbocycles. The van der Waals surface area contributed by atoms with Gasteiger partial charge in [-0.25, -0.2) is 0 Å². The minimum atomic E-state index is -0.406. The van der Waals surface area contributed by atoms with Gasteiger partial charge < -0.3 is 14.6 Å². The summed E-state index contributed by atoms with van der Waals surface area (Å²) >= 11 is 0. The summed E-state index contributed by atoms with van der Waals surface area (Å²) in [7, 11) is 0. The standard InChI is InChI=1S/C11H24O3/c1-6-11(4,5)14-8-10(3)13-7-9(2)12/h9-10,12H,6-8H2,1-5H3. The average molecular weight is 204 g/mol. The monoisotopic (exact) mass is 204 g/mol. The van der Waals surface area contributed by atoms with E-state index in [1.165, 1.54) is 0 Å². The fraction of sp³-hybridized carbons (Fsp3) is 1.00. The van der Waals surface area contributed by atoms with E-state index in [0.717, 1.165) is 6.42 Å². The van der Waals surface area contributed by atoms with Crippen LogP contribution in [0.25, 0.3) is 0 Å². The lowest BCUT2D eigenvalue weighted by molar-refractivity contribution is -0.0868. The third-order valence-corrected chi connectivity index (χ3v) is 2.18. The predicted octanol–water partition coefficient (Wildman–Crippen LogP) is 1.98. The molecule has 0 aliphatic carbocycles. The molecular weight excluding hydrogens is 180 g/mol. The summed E-state index contributed by atoms with van der Waals surface area (Å²) in [5, 5.41) is 9.01. The van der Waals surface area contributed by atoms with E-state index >= 15 is 0 Å². The van der Waals surface area contributed by atoms with E-state index in [0.29, 0.717) is 13.2 Å². The zero-order chi connectivity index (χ0) is 11.2. The Bertz CT molecular complexity index is 143. The maximum Gasteiger partial charge on any atom is 0.0782 e. The number of aliphatic hydroxyl groups is 1. The van der Waals surface area contributed by atoms with E-state index in [2.05, 4.69) is 20.8 Å². The number of hydrogen-bond donors (Lipinski definition) is 1. The van der Waals surface area contributed by atoms with Gasteiger partial charge in [0.2, 0.25) is 0 Å². The van der Waals surface area contributed by atoms with Crippen LogP contribution in [-0.4, -0.2) is 36.1 Å². The molecular formula is C11H24O3. The van der Waals surface area contributed by atoms with E-state index in [-0.39, 0.29) is 11.7 Å². The van der Waals surface area contributed by atoms with Gasteiger partial charge in [0, 0.05) is 0 Å². The molecule has 0 amide bonds. The van der Waals surface area contributed by atoms with Crippen molar-refractivity contribution in [2.24, 2.45) is 0 Å². The van der Waals surface area contributed by atoms with Gasteiger partial charge in [0.15, 0.2) is 0 Å². The first-order chi connectivity index (χ1) is 6.37. The SMILES string of the molecule is CCC(C)(C)OCC(C)OCC(C)O. The summed E-state index contributed by atoms with van der Waals surface area (Å²) < 4.78 is 11.0. The number of ether oxygens (including phenoxy) is 2. The van der Waals surface area contributed by atoms with Crippen molar-refractivity contribution in [2.75, 3.05) is 13.2 Å². The van der Waals surface area contributed by atoms with Crippen molar-refractivity contribution in [3.05, 3.63) is 0 Å². The van der Waals surface area contributed by atoms with Crippen molar-refractivity contribution in [1.82, 2.24) is 0 Å². The van der Waals surface area contributed by atoms with Gasteiger partial charge in [-0.2, -0.15) is 0 Å². The van der Waals surface area contributed by atoms with Gasteiger partial charge in [-0.3, -0.25) is 0 Å². The topological polar surface area (TPSA) is 38.7 Å². The van der Waals surface area contributed by atoms with Gasteiger partial charge in [-0.15, -0.1) is 0 Å². The minimum Gasteiger partial charge on any atom is -0.391 e. The fourth-order valence-electron chi connectivity index (χ4n) is 0.797. The van der Waals surface area contributed by atoms with Crippen LogP contribution < -0.4 is 0 Å². The molecule has 0 bridgehead atoms. The maximum atomic E-state index is 9.01. The van der Waals surface area contributed by atoms with E-state index in [1.807, 2.05) is 6.92 Å². The molecule has 0 aliphatic heterocycles. The first-order valence-electron chi connectivity index (χ1n) is 5.31. The van der Waals surface area contributed by atoms with Crippen molar-refractivity contribution in [2.45, 2.75) is 58.8 Å². The molecule has 0 aliphatic rings. The summed E-state index contributed by atoms with van der Waals surface area (Å²) in [4.78, 5) is 0. The van der Waals surface area contributed by atoms with Crippen molar-refractivity contribution in [3.63, 3.8) is 0 Å². The Morgan fingerprint density at radius 2 is 1.79 bits per heavy atom. The highest BCUT2D eigenvalue weighted by molar-refractivity contribution is 4.66. The van der Waals surface area contributed by atoms with Crippen LogP contribution in [-0.2, 0) is 9.47 Å². The Kier molecular flexibility index (Phi) is 6.33. The molecule has 86 valence electrons. The quantitative estimate of drug-likeness (QED) is 0.689. The Morgan fingerprint density at radius 3 is 2.21 bits per heavy atom. The van der Waals surface area contributed by atoms with E-state index in [9.17, 15) is 0 Å². The van der Waals surface area contributed by atoms with Crippen molar-refractivity contribution in [1.29, 1.82) is 0 Å². The second-order valence-corrected chi connectivity index (χ2v) is 4.42. The van der Waals surface area contributed by atoms with Gasteiger partial charge in [0.05, 0.1) is 31.0 Å². The summed E-state index contributed by atoms with van der Waals surface area (Å²) in [6.45, 7) is 10.8. The highest BCUT2D eigenvalue weighted by atomic mass is 16.5. The van der Waals surface area contributed by atoms with Crippen LogP contribution >= 0.6 is 0 Å². The summed E-state index contributed by atoms with van der Waals surface area (Å²) in [5.41, 5.74) is -0.0809. The Balaban J connectivity index is 3.58. The second kappa shape index (κ2) is 6.38. The van der Waals surface area contributed by atoms with Crippen molar-refractivity contribution >= 4 is 0 Å². The highest BCUT2D eigenvalue weighted by Gasteiger charge is 2.16. The lowest BCUT2D eigenvalue weighted by atomic mass is 10.1. The normalized spacial score (nSPS) is 16.7. The first-order valence-corrected chi connectivity index (χ1v) is 5.31. The summed E-state index contributed by atoms with van der Waals surface area (Å²) in [5.74, 6) is 0. The number of rotatable bonds is 7. The smallest absolute Gasteiger partial charge is 0.0782 e. The molecule has 0 aromatic carbocycles. The number of hydrogen-bond acceptors (Lipinski definition) is 3. The van der Waals surface area contributed by atoms with E-state index < -0.39 is 6.10 Å². The average Bonchev–Trinajstić information content (AvgIpc) is 2.11. The second-order valence-electron chi connectivity index (χ2n) is 4.42. The molecule has 1 N–H and O–H groups in total. The summed E-state index contributed by atoms with van der Waals surface area (Å²) in [6, 6.07) is 0. The van der Waals surface area contributed by atoms with Crippen molar-refractivity contribution < 1.29 is 14.6 Å². The fourth-order valence-corrected chi connectivity index (χ4v) is 0.797. The summed E-state index contributed by atoms with van der Waals surface area (Å²) in [6.07, 6.45) is 0.614. The molecule has 0 fully saturated rings. The zero-order valence-corrected chi connectivity index (χ0v) is 10.0. The number of aliphatic hydroxyl groups excluding tert-OH is 1. The van der Waals surface area contributed by atoms with Gasteiger partial charge >= 0.3 is 0 Å². The molecule has 0 heterocycles. The van der Waals surface area contributed by atoms with E-state index in [1.54, 1.807) is 6.92 Å². The predicted molar refractivity (Wildman–Crippen MR) is 57.4 cm³/mol. The lowest BCUT2D eigenvalue weighted by Crippen LogP contribution is -2.29. The van der Waals surface area contributed by atoms with Crippen LogP contribution in [0, 0.1) is 0 Å². The zero-order valence-electron chi connectivity index (χ0n) is 10.0. The lowest BCUT2D eigenvalue weighted by Gasteiger charge is -2.25. The highest BCUT2D eigenvalue weighted by Crippen LogP contribution is 2.14. The van der Waals surface area contributed by atoms with Crippen LogP contribution in [0.5, 0.6) is 0 Å². The van der Waals surface area contributed by atoms with Crippen LogP contribution in [0.2, 0.25) is 0 Å². The molecule has 0 aromatic rings. The molecule has 0 radical (unpaired) electrons.